The van der Waals surface area contributed by atoms with E-state index in [1.54, 1.807) is 0 Å². The van der Waals surface area contributed by atoms with Crippen LogP contribution in [-0.4, -0.2) is 28.6 Å². The van der Waals surface area contributed by atoms with Crippen molar-refractivity contribution in [1.82, 2.24) is 14.9 Å². The Morgan fingerprint density at radius 3 is 3.04 bits per heavy atom. The van der Waals surface area contributed by atoms with Gasteiger partial charge in [0.25, 0.3) is 0 Å². The van der Waals surface area contributed by atoms with Crippen LogP contribution < -0.4 is 5.32 Å². The molecule has 1 aliphatic rings. The van der Waals surface area contributed by atoms with Gasteiger partial charge in [-0.1, -0.05) is 23.7 Å². The van der Waals surface area contributed by atoms with Gasteiger partial charge in [-0.3, -0.25) is 4.79 Å². The molecule has 1 aromatic carbocycles. The van der Waals surface area contributed by atoms with Crippen molar-refractivity contribution in [1.29, 1.82) is 0 Å². The number of nitrogens with zero attached hydrogens (tertiary/aromatic N) is 2. The topological polar surface area (TPSA) is 56.1 Å². The van der Waals surface area contributed by atoms with E-state index < -0.39 is 0 Å². The Bertz CT molecular complexity index is 654. The van der Waals surface area contributed by atoms with Crippen molar-refractivity contribution in [2.24, 2.45) is 5.92 Å². The van der Waals surface area contributed by atoms with Crippen molar-refractivity contribution in [3.63, 3.8) is 0 Å². The number of carbonyl (C=O) groups is 1. The number of imidazole rings is 1. The van der Waals surface area contributed by atoms with Gasteiger partial charge >= 0.3 is 0 Å². The maximum absolute atomic E-state index is 12.2. The summed E-state index contributed by atoms with van der Waals surface area (Å²) in [6, 6.07) is 7.56. The number of halogens is 1. The first-order valence-corrected chi connectivity index (χ1v) is 8.19. The smallest absolute Gasteiger partial charge is 0.223 e. The van der Waals surface area contributed by atoms with Crippen LogP contribution >= 0.6 is 11.6 Å². The van der Waals surface area contributed by atoms with Crippen LogP contribution in [0.25, 0.3) is 0 Å². The van der Waals surface area contributed by atoms with Crippen molar-refractivity contribution < 1.29 is 9.53 Å². The van der Waals surface area contributed by atoms with Gasteiger partial charge < -0.3 is 14.6 Å². The average molecular weight is 334 g/mol. The zero-order chi connectivity index (χ0) is 16.1. The summed E-state index contributed by atoms with van der Waals surface area (Å²) in [5.41, 5.74) is 2.21. The second kappa shape index (κ2) is 7.62. The van der Waals surface area contributed by atoms with Crippen molar-refractivity contribution in [2.45, 2.75) is 26.0 Å². The van der Waals surface area contributed by atoms with E-state index in [0.717, 1.165) is 35.7 Å². The van der Waals surface area contributed by atoms with Gasteiger partial charge in [0.2, 0.25) is 5.91 Å². The van der Waals surface area contributed by atoms with Gasteiger partial charge in [-0.05, 0) is 24.1 Å². The highest BCUT2D eigenvalue weighted by atomic mass is 35.5. The van der Waals surface area contributed by atoms with Gasteiger partial charge in [0, 0.05) is 42.3 Å². The molecule has 2 aromatic rings. The molecule has 3 rings (SSSR count). The minimum atomic E-state index is 0.0375. The molecule has 0 fully saturated rings. The first kappa shape index (κ1) is 16.0. The molecule has 1 amide bonds. The van der Waals surface area contributed by atoms with E-state index in [0.29, 0.717) is 19.8 Å². The number of benzene rings is 1. The Labute approximate surface area is 140 Å². The van der Waals surface area contributed by atoms with Crippen molar-refractivity contribution in [2.75, 3.05) is 13.2 Å². The number of amides is 1. The zero-order valence-corrected chi connectivity index (χ0v) is 13.6. The second-order valence-electron chi connectivity index (χ2n) is 5.74. The van der Waals surface area contributed by atoms with Crippen molar-refractivity contribution >= 4 is 17.5 Å². The number of rotatable bonds is 6. The molecule has 5 nitrogen and oxygen atoms in total. The molecule has 122 valence electrons. The number of ether oxygens (including phenoxy) is 1. The summed E-state index contributed by atoms with van der Waals surface area (Å²) in [6.07, 6.45) is 5.29. The molecule has 0 aliphatic carbocycles. The number of hydrogen-bond donors (Lipinski definition) is 1. The van der Waals surface area contributed by atoms with Crippen LogP contribution in [0.1, 0.15) is 17.7 Å². The standard InChI is InChI=1S/C17H20ClN3O2/c18-15-3-1-13(2-4-15)11-23-8-6-20-17(22)14-5-7-21-12-19-10-16(21)9-14/h1-4,10,12,14H,5-9,11H2,(H,20,22)/t14-/m1/s1. The molecule has 23 heavy (non-hydrogen) atoms. The fourth-order valence-electron chi connectivity index (χ4n) is 2.75. The highest BCUT2D eigenvalue weighted by molar-refractivity contribution is 6.30. The third kappa shape index (κ3) is 4.33. The molecule has 0 unspecified atom stereocenters. The number of fused-ring (bicyclic) bond motifs is 1. The van der Waals surface area contributed by atoms with E-state index in [4.69, 9.17) is 16.3 Å². The van der Waals surface area contributed by atoms with Gasteiger partial charge in [0.1, 0.15) is 0 Å². The first-order chi connectivity index (χ1) is 11.2. The third-order valence-electron chi connectivity index (χ3n) is 4.07. The molecule has 0 saturated heterocycles. The van der Waals surface area contributed by atoms with Gasteiger partial charge in [-0.25, -0.2) is 4.98 Å². The molecule has 1 aliphatic heterocycles. The van der Waals surface area contributed by atoms with Gasteiger partial charge in [-0.15, -0.1) is 0 Å². The molecule has 1 N–H and O–H groups in total. The first-order valence-electron chi connectivity index (χ1n) is 7.81. The zero-order valence-electron chi connectivity index (χ0n) is 12.9. The molecule has 6 heteroatoms. The summed E-state index contributed by atoms with van der Waals surface area (Å²) in [4.78, 5) is 16.3. The third-order valence-corrected chi connectivity index (χ3v) is 4.32. The number of carbonyl (C=O) groups excluding carboxylic acids is 1. The van der Waals surface area contributed by atoms with Gasteiger partial charge in [0.15, 0.2) is 0 Å². The van der Waals surface area contributed by atoms with Crippen LogP contribution in [0.4, 0.5) is 0 Å². The van der Waals surface area contributed by atoms with Crippen LogP contribution in [0.2, 0.25) is 5.02 Å². The lowest BCUT2D eigenvalue weighted by Gasteiger charge is -2.22. The monoisotopic (exact) mass is 333 g/mol. The molecular weight excluding hydrogens is 314 g/mol. The lowest BCUT2D eigenvalue weighted by molar-refractivity contribution is -0.125. The Hall–Kier alpha value is -1.85. The van der Waals surface area contributed by atoms with Gasteiger partial charge in [0.05, 0.1) is 19.5 Å². The van der Waals surface area contributed by atoms with Crippen LogP contribution in [0.3, 0.4) is 0 Å². The maximum Gasteiger partial charge on any atom is 0.223 e. The summed E-state index contributed by atoms with van der Waals surface area (Å²) in [7, 11) is 0. The Morgan fingerprint density at radius 1 is 1.39 bits per heavy atom. The highest BCUT2D eigenvalue weighted by Crippen LogP contribution is 2.19. The van der Waals surface area contributed by atoms with Crippen molar-refractivity contribution in [3.05, 3.63) is 53.1 Å². The largest absolute Gasteiger partial charge is 0.375 e. The van der Waals surface area contributed by atoms with E-state index in [9.17, 15) is 4.79 Å². The van der Waals surface area contributed by atoms with Crippen LogP contribution in [0, 0.1) is 5.92 Å². The molecule has 1 aromatic heterocycles. The highest BCUT2D eigenvalue weighted by Gasteiger charge is 2.24. The maximum atomic E-state index is 12.2. The molecule has 0 saturated carbocycles. The molecule has 1 atom stereocenters. The molecule has 0 spiro atoms. The lowest BCUT2D eigenvalue weighted by Crippen LogP contribution is -2.36. The molecule has 0 bridgehead atoms. The van der Waals surface area contributed by atoms with E-state index in [-0.39, 0.29) is 11.8 Å². The number of aromatic nitrogens is 2. The summed E-state index contributed by atoms with van der Waals surface area (Å²) < 4.78 is 7.68. The normalized spacial score (nSPS) is 16.8. The minimum Gasteiger partial charge on any atom is -0.375 e. The molecule has 2 heterocycles. The lowest BCUT2D eigenvalue weighted by atomic mass is 9.95. The average Bonchev–Trinajstić information content (AvgIpc) is 3.03. The minimum absolute atomic E-state index is 0.0375. The summed E-state index contributed by atoms with van der Waals surface area (Å²) >= 11 is 5.83. The van der Waals surface area contributed by atoms with Crippen LogP contribution in [0.5, 0.6) is 0 Å². The van der Waals surface area contributed by atoms with Crippen molar-refractivity contribution in [3.8, 4) is 0 Å². The number of hydrogen-bond acceptors (Lipinski definition) is 3. The predicted octanol–water partition coefficient (Wildman–Crippen LogP) is 2.43. The van der Waals surface area contributed by atoms with E-state index in [2.05, 4.69) is 14.9 Å². The Balaban J connectivity index is 1.34. The summed E-state index contributed by atoms with van der Waals surface area (Å²) in [5.74, 6) is 0.142. The Morgan fingerprint density at radius 2 is 2.22 bits per heavy atom. The second-order valence-corrected chi connectivity index (χ2v) is 6.17. The van der Waals surface area contributed by atoms with Crippen LogP contribution in [-0.2, 0) is 29.1 Å². The van der Waals surface area contributed by atoms with Crippen LogP contribution in [0.15, 0.2) is 36.8 Å². The van der Waals surface area contributed by atoms with E-state index >= 15 is 0 Å². The quantitative estimate of drug-likeness (QED) is 0.826. The Kier molecular flexibility index (Phi) is 5.31. The fourth-order valence-corrected chi connectivity index (χ4v) is 2.88. The summed E-state index contributed by atoms with van der Waals surface area (Å²) in [5, 5.41) is 3.67. The summed E-state index contributed by atoms with van der Waals surface area (Å²) in [6.45, 7) is 2.41. The van der Waals surface area contributed by atoms with E-state index in [1.165, 1.54) is 0 Å². The van der Waals surface area contributed by atoms with Gasteiger partial charge in [-0.2, -0.15) is 0 Å². The number of aryl methyl sites for hydroxylation is 1. The SMILES string of the molecule is O=C(NCCOCc1ccc(Cl)cc1)[C@@H]1CCn2cncc2C1. The fraction of sp³-hybridized carbons (Fsp3) is 0.412. The predicted molar refractivity (Wildman–Crippen MR) is 88.2 cm³/mol. The number of nitrogens with one attached hydrogen (secondary N) is 1. The van der Waals surface area contributed by atoms with E-state index in [1.807, 2.05) is 36.8 Å². The molecule has 0 radical (unpaired) electrons. The molecular formula is C17H20ClN3O2.